The first kappa shape index (κ1) is 17.1. The van der Waals surface area contributed by atoms with E-state index in [0.717, 1.165) is 18.4 Å². The predicted molar refractivity (Wildman–Crippen MR) is 97.7 cm³/mol. The molecule has 0 bridgehead atoms. The minimum absolute atomic E-state index is 0.0398. The SMILES string of the molecule is COc1nccnc1OC1CCCN(C(=O)c2ccc3nccnc3c2)C1. The third-order valence-corrected chi connectivity index (χ3v) is 4.49. The van der Waals surface area contributed by atoms with E-state index in [2.05, 4.69) is 19.9 Å². The summed E-state index contributed by atoms with van der Waals surface area (Å²) in [4.78, 5) is 31.5. The van der Waals surface area contributed by atoms with Crippen molar-refractivity contribution in [2.45, 2.75) is 18.9 Å². The van der Waals surface area contributed by atoms with Crippen molar-refractivity contribution in [1.29, 1.82) is 0 Å². The molecule has 1 atom stereocenters. The van der Waals surface area contributed by atoms with Crippen molar-refractivity contribution in [3.8, 4) is 11.8 Å². The molecule has 0 radical (unpaired) electrons. The second-order valence-corrected chi connectivity index (χ2v) is 6.26. The Hall–Kier alpha value is -3.29. The third-order valence-electron chi connectivity index (χ3n) is 4.49. The first-order chi connectivity index (χ1) is 13.2. The van der Waals surface area contributed by atoms with Gasteiger partial charge in [0, 0.05) is 36.9 Å². The number of nitrogens with zero attached hydrogens (tertiary/aromatic N) is 5. The van der Waals surface area contributed by atoms with Crippen molar-refractivity contribution < 1.29 is 14.3 Å². The summed E-state index contributed by atoms with van der Waals surface area (Å²) in [5, 5.41) is 0. The number of hydrogen-bond donors (Lipinski definition) is 0. The lowest BCUT2D eigenvalue weighted by Crippen LogP contribution is -2.44. The molecule has 8 heteroatoms. The summed E-state index contributed by atoms with van der Waals surface area (Å²) in [7, 11) is 1.52. The number of likely N-dealkylation sites (tertiary alicyclic amines) is 1. The summed E-state index contributed by atoms with van der Waals surface area (Å²) in [5.74, 6) is 0.649. The van der Waals surface area contributed by atoms with Crippen LogP contribution in [0.4, 0.5) is 0 Å². The van der Waals surface area contributed by atoms with E-state index in [1.165, 1.54) is 7.11 Å². The Kier molecular flexibility index (Phi) is 4.78. The van der Waals surface area contributed by atoms with Gasteiger partial charge in [-0.25, -0.2) is 9.97 Å². The van der Waals surface area contributed by atoms with Gasteiger partial charge in [0.1, 0.15) is 6.10 Å². The topological polar surface area (TPSA) is 90.3 Å². The molecule has 0 saturated carbocycles. The van der Waals surface area contributed by atoms with Crippen LogP contribution in [0.25, 0.3) is 11.0 Å². The van der Waals surface area contributed by atoms with E-state index in [9.17, 15) is 4.79 Å². The fraction of sp³-hybridized carbons (Fsp3) is 0.316. The molecule has 1 unspecified atom stereocenters. The van der Waals surface area contributed by atoms with Gasteiger partial charge in [0.2, 0.25) is 0 Å². The van der Waals surface area contributed by atoms with Crippen molar-refractivity contribution in [3.05, 3.63) is 48.5 Å². The quantitative estimate of drug-likeness (QED) is 0.699. The Morgan fingerprint density at radius 2 is 1.78 bits per heavy atom. The second-order valence-electron chi connectivity index (χ2n) is 6.26. The van der Waals surface area contributed by atoms with Gasteiger partial charge in [-0.3, -0.25) is 14.8 Å². The van der Waals surface area contributed by atoms with Gasteiger partial charge in [0.25, 0.3) is 17.7 Å². The zero-order valence-corrected chi connectivity index (χ0v) is 14.9. The molecule has 1 aliphatic heterocycles. The van der Waals surface area contributed by atoms with Crippen LogP contribution in [0.1, 0.15) is 23.2 Å². The van der Waals surface area contributed by atoms with Gasteiger partial charge in [-0.1, -0.05) is 0 Å². The van der Waals surface area contributed by atoms with Gasteiger partial charge in [-0.15, -0.1) is 0 Å². The highest BCUT2D eigenvalue weighted by Gasteiger charge is 2.27. The summed E-state index contributed by atoms with van der Waals surface area (Å²) in [6.45, 7) is 1.17. The number of ether oxygens (including phenoxy) is 2. The van der Waals surface area contributed by atoms with Gasteiger partial charge in [-0.05, 0) is 31.0 Å². The molecule has 1 aromatic carbocycles. The maximum absolute atomic E-state index is 12.9. The summed E-state index contributed by atoms with van der Waals surface area (Å²) < 4.78 is 11.1. The van der Waals surface area contributed by atoms with Crippen LogP contribution >= 0.6 is 0 Å². The molecular formula is C19H19N5O3. The van der Waals surface area contributed by atoms with E-state index in [4.69, 9.17) is 9.47 Å². The fourth-order valence-electron chi connectivity index (χ4n) is 3.19. The highest BCUT2D eigenvalue weighted by atomic mass is 16.5. The number of aromatic nitrogens is 4. The monoisotopic (exact) mass is 365 g/mol. The molecule has 1 aliphatic rings. The number of carbonyl (C=O) groups excluding carboxylic acids is 1. The molecule has 27 heavy (non-hydrogen) atoms. The fourth-order valence-corrected chi connectivity index (χ4v) is 3.19. The van der Waals surface area contributed by atoms with E-state index < -0.39 is 0 Å². The van der Waals surface area contributed by atoms with Crippen molar-refractivity contribution in [3.63, 3.8) is 0 Å². The predicted octanol–water partition coefficient (Wildman–Crippen LogP) is 2.11. The minimum Gasteiger partial charge on any atom is -0.477 e. The Morgan fingerprint density at radius 1 is 1.04 bits per heavy atom. The van der Waals surface area contributed by atoms with Gasteiger partial charge in [-0.2, -0.15) is 0 Å². The Bertz CT molecular complexity index is 965. The number of benzene rings is 1. The van der Waals surface area contributed by atoms with Crippen LogP contribution in [0.3, 0.4) is 0 Å². The number of fused-ring (bicyclic) bond motifs is 1. The molecular weight excluding hydrogens is 346 g/mol. The lowest BCUT2D eigenvalue weighted by atomic mass is 10.1. The van der Waals surface area contributed by atoms with E-state index in [1.54, 1.807) is 41.8 Å². The maximum atomic E-state index is 12.9. The number of hydrogen-bond acceptors (Lipinski definition) is 7. The zero-order valence-electron chi connectivity index (χ0n) is 14.9. The first-order valence-electron chi connectivity index (χ1n) is 8.76. The average molecular weight is 365 g/mol. The number of piperidine rings is 1. The van der Waals surface area contributed by atoms with Gasteiger partial charge in [0.05, 0.1) is 24.7 Å². The summed E-state index contributed by atoms with van der Waals surface area (Å²) >= 11 is 0. The van der Waals surface area contributed by atoms with Gasteiger partial charge >= 0.3 is 0 Å². The highest BCUT2D eigenvalue weighted by molar-refractivity contribution is 5.97. The minimum atomic E-state index is -0.159. The molecule has 0 spiro atoms. The van der Waals surface area contributed by atoms with Crippen molar-refractivity contribution in [1.82, 2.24) is 24.8 Å². The maximum Gasteiger partial charge on any atom is 0.278 e. The molecule has 0 N–H and O–H groups in total. The second kappa shape index (κ2) is 7.53. The average Bonchev–Trinajstić information content (AvgIpc) is 2.73. The standard InChI is InChI=1S/C19H19N5O3/c1-26-17-18(23-9-8-22-17)27-14-3-2-10-24(12-14)19(25)13-4-5-15-16(11-13)21-7-6-20-15/h4-9,11,14H,2-3,10,12H2,1H3. The van der Waals surface area contributed by atoms with Crippen LogP contribution in [0.15, 0.2) is 43.0 Å². The van der Waals surface area contributed by atoms with E-state index >= 15 is 0 Å². The molecule has 4 rings (SSSR count). The number of carbonyl (C=O) groups is 1. The van der Waals surface area contributed by atoms with Crippen LogP contribution in [0.5, 0.6) is 11.8 Å². The van der Waals surface area contributed by atoms with Crippen LogP contribution in [-0.4, -0.2) is 57.0 Å². The number of amides is 1. The molecule has 3 aromatic rings. The molecule has 1 saturated heterocycles. The molecule has 2 aromatic heterocycles. The molecule has 3 heterocycles. The number of methoxy groups -OCH3 is 1. The van der Waals surface area contributed by atoms with Crippen LogP contribution < -0.4 is 9.47 Å². The summed E-state index contributed by atoms with van der Waals surface area (Å²) in [5.41, 5.74) is 2.07. The third kappa shape index (κ3) is 3.64. The summed E-state index contributed by atoms with van der Waals surface area (Å²) in [6.07, 6.45) is 7.89. The Balaban J connectivity index is 1.49. The normalized spacial score (nSPS) is 16.9. The van der Waals surface area contributed by atoms with E-state index in [-0.39, 0.29) is 12.0 Å². The van der Waals surface area contributed by atoms with E-state index in [1.807, 2.05) is 6.07 Å². The lowest BCUT2D eigenvalue weighted by molar-refractivity contribution is 0.0519. The smallest absolute Gasteiger partial charge is 0.278 e. The molecule has 1 fully saturated rings. The molecule has 0 aliphatic carbocycles. The Morgan fingerprint density at radius 3 is 2.59 bits per heavy atom. The highest BCUT2D eigenvalue weighted by Crippen LogP contribution is 2.24. The van der Waals surface area contributed by atoms with Crippen LogP contribution in [0, 0.1) is 0 Å². The van der Waals surface area contributed by atoms with Crippen molar-refractivity contribution in [2.24, 2.45) is 0 Å². The molecule has 8 nitrogen and oxygen atoms in total. The van der Waals surface area contributed by atoms with E-state index in [0.29, 0.717) is 35.9 Å². The van der Waals surface area contributed by atoms with Crippen molar-refractivity contribution >= 4 is 16.9 Å². The number of rotatable bonds is 4. The Labute approximate surface area is 156 Å². The van der Waals surface area contributed by atoms with Crippen molar-refractivity contribution in [2.75, 3.05) is 20.2 Å². The first-order valence-corrected chi connectivity index (χ1v) is 8.76. The molecule has 138 valence electrons. The zero-order chi connectivity index (χ0) is 18.6. The van der Waals surface area contributed by atoms with Gasteiger partial charge in [0.15, 0.2) is 0 Å². The molecule has 1 amide bonds. The summed E-state index contributed by atoms with van der Waals surface area (Å²) in [6, 6.07) is 5.38. The van der Waals surface area contributed by atoms with Gasteiger partial charge < -0.3 is 14.4 Å². The largest absolute Gasteiger partial charge is 0.477 e. The van der Waals surface area contributed by atoms with Crippen LogP contribution in [0.2, 0.25) is 0 Å². The van der Waals surface area contributed by atoms with Crippen LogP contribution in [-0.2, 0) is 0 Å². The lowest BCUT2D eigenvalue weighted by Gasteiger charge is -2.32.